The monoisotopic (exact) mass is 336 g/mol. The molecule has 1 saturated carbocycles. The van der Waals surface area contributed by atoms with Gasteiger partial charge >= 0.3 is 0 Å². The van der Waals surface area contributed by atoms with Crippen LogP contribution in [0.2, 0.25) is 0 Å². The summed E-state index contributed by atoms with van der Waals surface area (Å²) in [6, 6.07) is 7.14. The van der Waals surface area contributed by atoms with Gasteiger partial charge < -0.3 is 10.1 Å². The normalized spacial score (nSPS) is 14.3. The second-order valence-corrected chi connectivity index (χ2v) is 5.81. The zero-order chi connectivity index (χ0) is 13.9. The van der Waals surface area contributed by atoms with Crippen molar-refractivity contribution in [1.29, 1.82) is 0 Å². The molecule has 1 heterocycles. The van der Waals surface area contributed by atoms with Crippen LogP contribution >= 0.6 is 15.9 Å². The van der Waals surface area contributed by atoms with Crippen LogP contribution in [0.15, 0.2) is 41.1 Å². The third-order valence-electron chi connectivity index (χ3n) is 3.02. The first-order chi connectivity index (χ1) is 9.69. The van der Waals surface area contributed by atoms with Crippen molar-refractivity contribution in [1.82, 2.24) is 10.3 Å². The second-order valence-electron chi connectivity index (χ2n) is 4.89. The van der Waals surface area contributed by atoms with Crippen LogP contribution in [0.3, 0.4) is 0 Å². The minimum absolute atomic E-state index is 0.293. The maximum Gasteiger partial charge on any atom is 0.146 e. The molecule has 0 spiro atoms. The zero-order valence-corrected chi connectivity index (χ0v) is 12.4. The van der Waals surface area contributed by atoms with Crippen molar-refractivity contribution in [3.63, 3.8) is 0 Å². The fourth-order valence-corrected chi connectivity index (χ4v) is 2.26. The minimum Gasteiger partial charge on any atom is -0.456 e. The van der Waals surface area contributed by atoms with Crippen molar-refractivity contribution < 1.29 is 9.13 Å². The lowest BCUT2D eigenvalue weighted by molar-refractivity contribution is 0.472. The summed E-state index contributed by atoms with van der Waals surface area (Å²) >= 11 is 3.33. The molecule has 1 fully saturated rings. The van der Waals surface area contributed by atoms with E-state index in [-0.39, 0.29) is 5.82 Å². The molecule has 0 atom stereocenters. The van der Waals surface area contributed by atoms with Crippen molar-refractivity contribution in [2.45, 2.75) is 25.4 Å². The maximum absolute atomic E-state index is 13.6. The molecule has 5 heteroatoms. The van der Waals surface area contributed by atoms with Crippen molar-refractivity contribution in [2.24, 2.45) is 0 Å². The Hall–Kier alpha value is -1.46. The minimum atomic E-state index is -0.293. The Bertz CT molecular complexity index is 617. The SMILES string of the molecule is Fc1cc(CNC2CC2)cc(Oc2cncc(Br)c2)c1. The van der Waals surface area contributed by atoms with Gasteiger partial charge in [-0.1, -0.05) is 0 Å². The fraction of sp³-hybridized carbons (Fsp3) is 0.267. The number of nitrogens with one attached hydrogen (secondary N) is 1. The average molecular weight is 337 g/mol. The number of pyridine rings is 1. The number of hydrogen-bond acceptors (Lipinski definition) is 3. The Balaban J connectivity index is 1.74. The van der Waals surface area contributed by atoms with Gasteiger partial charge in [0.25, 0.3) is 0 Å². The molecule has 0 aliphatic heterocycles. The summed E-state index contributed by atoms with van der Waals surface area (Å²) in [6.45, 7) is 0.662. The summed E-state index contributed by atoms with van der Waals surface area (Å²) in [6.07, 6.45) is 5.69. The first-order valence-electron chi connectivity index (χ1n) is 6.50. The second kappa shape index (κ2) is 5.89. The van der Waals surface area contributed by atoms with E-state index in [1.54, 1.807) is 18.5 Å². The van der Waals surface area contributed by atoms with E-state index >= 15 is 0 Å². The molecule has 20 heavy (non-hydrogen) atoms. The van der Waals surface area contributed by atoms with Crippen LogP contribution in [0.5, 0.6) is 11.5 Å². The molecule has 0 bridgehead atoms. The molecule has 1 aromatic carbocycles. The molecule has 1 aliphatic carbocycles. The average Bonchev–Trinajstić information content (AvgIpc) is 3.20. The number of nitrogens with zero attached hydrogens (tertiary/aromatic N) is 1. The molecule has 2 aromatic rings. The number of halogens is 2. The van der Waals surface area contributed by atoms with E-state index in [1.807, 2.05) is 6.07 Å². The highest BCUT2D eigenvalue weighted by Gasteiger charge is 2.20. The van der Waals surface area contributed by atoms with E-state index in [4.69, 9.17) is 4.74 Å². The Kier molecular flexibility index (Phi) is 3.98. The Morgan fingerprint density at radius 3 is 2.80 bits per heavy atom. The molecule has 3 nitrogen and oxygen atoms in total. The van der Waals surface area contributed by atoms with Gasteiger partial charge in [-0.3, -0.25) is 4.98 Å². The van der Waals surface area contributed by atoms with Crippen molar-refractivity contribution >= 4 is 15.9 Å². The summed E-state index contributed by atoms with van der Waals surface area (Å²) in [7, 11) is 0. The highest BCUT2D eigenvalue weighted by atomic mass is 79.9. The lowest BCUT2D eigenvalue weighted by atomic mass is 10.2. The maximum atomic E-state index is 13.6. The highest BCUT2D eigenvalue weighted by molar-refractivity contribution is 9.10. The summed E-state index contributed by atoms with van der Waals surface area (Å²) in [4.78, 5) is 4.02. The van der Waals surface area contributed by atoms with Gasteiger partial charge in [0, 0.05) is 29.3 Å². The Morgan fingerprint density at radius 1 is 1.20 bits per heavy atom. The third-order valence-corrected chi connectivity index (χ3v) is 3.45. The first-order valence-corrected chi connectivity index (χ1v) is 7.29. The number of ether oxygens (including phenoxy) is 1. The molecule has 104 valence electrons. The zero-order valence-electron chi connectivity index (χ0n) is 10.8. The molecule has 0 unspecified atom stereocenters. The van der Waals surface area contributed by atoms with Crippen LogP contribution in [0.4, 0.5) is 4.39 Å². The predicted octanol–water partition coefficient (Wildman–Crippen LogP) is 4.03. The molecule has 1 N–H and O–H groups in total. The third kappa shape index (κ3) is 3.77. The van der Waals surface area contributed by atoms with Gasteiger partial charge in [0.15, 0.2) is 0 Å². The number of rotatable bonds is 5. The molecule has 0 amide bonds. The lowest BCUT2D eigenvalue weighted by Gasteiger charge is -2.09. The topological polar surface area (TPSA) is 34.1 Å². The number of aromatic nitrogens is 1. The largest absolute Gasteiger partial charge is 0.456 e. The van der Waals surface area contributed by atoms with E-state index in [1.165, 1.54) is 25.0 Å². The standard InChI is InChI=1S/C15H14BrFN2O/c16-11-5-15(9-18-8-11)20-14-4-10(3-12(17)6-14)7-19-13-1-2-13/h3-6,8-9,13,19H,1-2,7H2. The van der Waals surface area contributed by atoms with Gasteiger partial charge in [-0.25, -0.2) is 4.39 Å². The first kappa shape index (κ1) is 13.5. The van der Waals surface area contributed by atoms with Crippen molar-refractivity contribution in [2.75, 3.05) is 0 Å². The Labute approximate surface area is 125 Å². The van der Waals surface area contributed by atoms with Crippen LogP contribution in [-0.2, 0) is 6.54 Å². The molecule has 0 radical (unpaired) electrons. The molecule has 3 rings (SSSR count). The predicted molar refractivity (Wildman–Crippen MR) is 78.3 cm³/mol. The quantitative estimate of drug-likeness (QED) is 0.895. The van der Waals surface area contributed by atoms with Gasteiger partial charge in [0.2, 0.25) is 0 Å². The van der Waals surface area contributed by atoms with E-state index in [0.29, 0.717) is 24.1 Å². The lowest BCUT2D eigenvalue weighted by Crippen LogP contribution is -2.15. The molecule has 1 aliphatic rings. The van der Waals surface area contributed by atoms with Crippen LogP contribution in [0.25, 0.3) is 0 Å². The summed E-state index contributed by atoms with van der Waals surface area (Å²) < 4.78 is 20.1. The van der Waals surface area contributed by atoms with E-state index < -0.39 is 0 Å². The summed E-state index contributed by atoms with van der Waals surface area (Å²) in [5, 5.41) is 3.36. The van der Waals surface area contributed by atoms with Gasteiger partial charge in [-0.15, -0.1) is 0 Å². The van der Waals surface area contributed by atoms with Crippen molar-refractivity contribution in [3.05, 3.63) is 52.5 Å². The van der Waals surface area contributed by atoms with E-state index in [0.717, 1.165) is 10.0 Å². The molecule has 0 saturated heterocycles. The molecule has 1 aromatic heterocycles. The van der Waals surface area contributed by atoms with Gasteiger partial charge in [0.05, 0.1) is 6.20 Å². The number of hydrogen-bond donors (Lipinski definition) is 1. The van der Waals surface area contributed by atoms with Crippen LogP contribution < -0.4 is 10.1 Å². The molecular formula is C15H14BrFN2O. The van der Waals surface area contributed by atoms with Gasteiger partial charge in [-0.05, 0) is 52.5 Å². The summed E-state index contributed by atoms with van der Waals surface area (Å²) in [5.74, 6) is 0.765. The summed E-state index contributed by atoms with van der Waals surface area (Å²) in [5.41, 5.74) is 0.884. The smallest absolute Gasteiger partial charge is 0.146 e. The van der Waals surface area contributed by atoms with Crippen LogP contribution in [0, 0.1) is 5.82 Å². The van der Waals surface area contributed by atoms with Crippen LogP contribution in [-0.4, -0.2) is 11.0 Å². The molecular weight excluding hydrogens is 323 g/mol. The number of benzene rings is 1. The van der Waals surface area contributed by atoms with Crippen molar-refractivity contribution in [3.8, 4) is 11.5 Å². The van der Waals surface area contributed by atoms with Gasteiger partial charge in [-0.2, -0.15) is 0 Å². The van der Waals surface area contributed by atoms with Crippen LogP contribution in [0.1, 0.15) is 18.4 Å². The Morgan fingerprint density at radius 2 is 2.05 bits per heavy atom. The highest BCUT2D eigenvalue weighted by Crippen LogP contribution is 2.26. The van der Waals surface area contributed by atoms with E-state index in [2.05, 4.69) is 26.2 Å². The van der Waals surface area contributed by atoms with Gasteiger partial charge in [0.1, 0.15) is 17.3 Å². The van der Waals surface area contributed by atoms with E-state index in [9.17, 15) is 4.39 Å². The fourth-order valence-electron chi connectivity index (χ4n) is 1.92.